The standard InChI is InChI=1S/C37H44N4O7S/c1-8-39(9-2)35(42)27-17-15-26(16-18-27)34-30-22-33(48-49(44,45)29-13-11-10-12-14-29)32(46-7)21-28(30)19-20-40(34)23-31-25(3)38-24-41(31)36(43)47-37(4,5)6/h10-18,21-22,24,34H,8-9,19-20,23H2,1-7H3. The number of methoxy groups -OCH3 is 1. The molecule has 0 radical (unpaired) electrons. The number of ether oxygens (including phenoxy) is 2. The summed E-state index contributed by atoms with van der Waals surface area (Å²) in [6.07, 6.45) is 1.57. The fourth-order valence-electron chi connectivity index (χ4n) is 6.03. The number of rotatable bonds is 10. The molecular weight excluding hydrogens is 644 g/mol. The van der Waals surface area contributed by atoms with Crippen LogP contribution in [0.5, 0.6) is 11.5 Å². The minimum absolute atomic E-state index is 0.0206. The number of aryl methyl sites for hydroxylation is 1. The molecule has 260 valence electrons. The average Bonchev–Trinajstić information content (AvgIpc) is 3.44. The number of imidazole rings is 1. The van der Waals surface area contributed by atoms with Crippen LogP contribution >= 0.6 is 0 Å². The molecule has 3 aromatic carbocycles. The summed E-state index contributed by atoms with van der Waals surface area (Å²) in [6.45, 7) is 13.3. The maximum atomic E-state index is 13.3. The minimum atomic E-state index is -4.17. The van der Waals surface area contributed by atoms with E-state index < -0.39 is 27.9 Å². The normalized spacial score (nSPS) is 15.0. The highest BCUT2D eigenvalue weighted by molar-refractivity contribution is 7.87. The maximum Gasteiger partial charge on any atom is 0.420 e. The van der Waals surface area contributed by atoms with Gasteiger partial charge in [-0.1, -0.05) is 30.3 Å². The van der Waals surface area contributed by atoms with Crippen LogP contribution in [0.2, 0.25) is 0 Å². The third-order valence-corrected chi connectivity index (χ3v) is 9.78. The highest BCUT2D eigenvalue weighted by Gasteiger charge is 2.33. The van der Waals surface area contributed by atoms with Crippen LogP contribution in [0.1, 0.15) is 79.1 Å². The fraction of sp³-hybridized carbons (Fsp3) is 0.378. The van der Waals surface area contributed by atoms with Gasteiger partial charge in [0.25, 0.3) is 5.91 Å². The summed E-state index contributed by atoms with van der Waals surface area (Å²) in [5.41, 5.74) is 3.88. The molecule has 1 aliphatic heterocycles. The lowest BCUT2D eigenvalue weighted by Gasteiger charge is -2.38. The molecule has 1 unspecified atom stereocenters. The maximum absolute atomic E-state index is 13.3. The quantitative estimate of drug-likeness (QED) is 0.175. The Morgan fingerprint density at radius 3 is 2.27 bits per heavy atom. The predicted molar refractivity (Wildman–Crippen MR) is 185 cm³/mol. The number of hydrogen-bond acceptors (Lipinski definition) is 9. The molecule has 12 heteroatoms. The zero-order valence-corrected chi connectivity index (χ0v) is 29.9. The summed E-state index contributed by atoms with van der Waals surface area (Å²) in [7, 11) is -2.70. The smallest absolute Gasteiger partial charge is 0.420 e. The highest BCUT2D eigenvalue weighted by atomic mass is 32.2. The molecule has 5 rings (SSSR count). The number of hydrogen-bond donors (Lipinski definition) is 0. The first-order chi connectivity index (χ1) is 23.3. The number of carbonyl (C=O) groups is 2. The van der Waals surface area contributed by atoms with Crippen molar-refractivity contribution in [3.63, 3.8) is 0 Å². The lowest BCUT2D eigenvalue weighted by molar-refractivity contribution is 0.0525. The number of benzene rings is 3. The van der Waals surface area contributed by atoms with Gasteiger partial charge in [-0.2, -0.15) is 8.42 Å². The van der Waals surface area contributed by atoms with E-state index in [2.05, 4.69) is 9.88 Å². The van der Waals surface area contributed by atoms with Crippen molar-refractivity contribution in [3.8, 4) is 11.5 Å². The van der Waals surface area contributed by atoms with Crippen molar-refractivity contribution < 1.29 is 31.7 Å². The minimum Gasteiger partial charge on any atom is -0.493 e. The SMILES string of the molecule is CCN(CC)C(=O)c1ccc(C2c3cc(OS(=O)(=O)c4ccccc4)c(OC)cc3CCN2Cc2c(C)ncn2C(=O)OC(C)(C)C)cc1. The van der Waals surface area contributed by atoms with Gasteiger partial charge in [-0.25, -0.2) is 14.3 Å². The van der Waals surface area contributed by atoms with E-state index in [0.29, 0.717) is 55.3 Å². The lowest BCUT2D eigenvalue weighted by Crippen LogP contribution is -2.37. The number of amides is 1. The molecule has 2 heterocycles. The molecule has 0 saturated heterocycles. The second-order valence-corrected chi connectivity index (χ2v) is 14.4. The van der Waals surface area contributed by atoms with E-state index >= 15 is 0 Å². The Balaban J connectivity index is 1.60. The van der Waals surface area contributed by atoms with Gasteiger partial charge < -0.3 is 18.6 Å². The van der Waals surface area contributed by atoms with Gasteiger partial charge in [0.1, 0.15) is 16.8 Å². The molecule has 0 fully saturated rings. The van der Waals surface area contributed by atoms with Crippen LogP contribution in [0.25, 0.3) is 0 Å². The Hall–Kier alpha value is -4.68. The predicted octanol–water partition coefficient (Wildman–Crippen LogP) is 6.38. The number of aromatic nitrogens is 2. The van der Waals surface area contributed by atoms with Crippen molar-refractivity contribution in [2.75, 3.05) is 26.7 Å². The van der Waals surface area contributed by atoms with E-state index in [9.17, 15) is 18.0 Å². The second kappa shape index (κ2) is 14.4. The molecule has 0 aliphatic carbocycles. The average molecular weight is 689 g/mol. The van der Waals surface area contributed by atoms with Gasteiger partial charge in [0, 0.05) is 31.7 Å². The van der Waals surface area contributed by atoms with Gasteiger partial charge in [-0.3, -0.25) is 9.69 Å². The number of fused-ring (bicyclic) bond motifs is 1. The third-order valence-electron chi connectivity index (χ3n) is 8.53. The van der Waals surface area contributed by atoms with Crippen LogP contribution in [-0.4, -0.2) is 72.1 Å². The first-order valence-electron chi connectivity index (χ1n) is 16.4. The Bertz CT molecular complexity index is 1910. The number of nitrogens with zero attached hydrogens (tertiary/aromatic N) is 4. The Morgan fingerprint density at radius 1 is 0.980 bits per heavy atom. The molecule has 1 amide bonds. The Morgan fingerprint density at radius 2 is 1.65 bits per heavy atom. The Labute approximate surface area is 288 Å². The molecule has 1 aromatic heterocycles. The summed E-state index contributed by atoms with van der Waals surface area (Å²) >= 11 is 0. The monoisotopic (exact) mass is 688 g/mol. The van der Waals surface area contributed by atoms with Gasteiger partial charge in [0.2, 0.25) is 0 Å². The van der Waals surface area contributed by atoms with Crippen molar-refractivity contribution in [2.45, 2.75) is 71.0 Å². The van der Waals surface area contributed by atoms with Gasteiger partial charge in [-0.15, -0.1) is 0 Å². The first kappa shape index (κ1) is 35.6. The molecule has 1 aliphatic rings. The van der Waals surface area contributed by atoms with Crippen LogP contribution in [0.4, 0.5) is 4.79 Å². The summed E-state index contributed by atoms with van der Waals surface area (Å²) in [5.74, 6) is 0.297. The zero-order valence-electron chi connectivity index (χ0n) is 29.1. The van der Waals surface area contributed by atoms with Gasteiger partial charge in [0.05, 0.1) is 24.5 Å². The lowest BCUT2D eigenvalue weighted by atomic mass is 9.87. The van der Waals surface area contributed by atoms with Crippen LogP contribution < -0.4 is 8.92 Å². The molecular formula is C37H44N4O7S. The van der Waals surface area contributed by atoms with Crippen LogP contribution in [0.15, 0.2) is 78.0 Å². The molecule has 0 bridgehead atoms. The molecule has 49 heavy (non-hydrogen) atoms. The van der Waals surface area contributed by atoms with Gasteiger partial charge in [-0.05, 0) is 101 Å². The van der Waals surface area contributed by atoms with Crippen molar-refractivity contribution in [3.05, 3.63) is 107 Å². The van der Waals surface area contributed by atoms with Crippen LogP contribution in [0.3, 0.4) is 0 Å². The van der Waals surface area contributed by atoms with E-state index in [4.69, 9.17) is 13.7 Å². The Kier molecular flexibility index (Phi) is 10.5. The van der Waals surface area contributed by atoms with Crippen LogP contribution in [0, 0.1) is 6.92 Å². The topological polar surface area (TPSA) is 120 Å². The molecule has 11 nitrogen and oxygen atoms in total. The van der Waals surface area contributed by atoms with Crippen molar-refractivity contribution in [2.24, 2.45) is 0 Å². The van der Waals surface area contributed by atoms with Crippen molar-refractivity contribution >= 4 is 22.1 Å². The molecule has 0 N–H and O–H groups in total. The highest BCUT2D eigenvalue weighted by Crippen LogP contribution is 2.42. The van der Waals surface area contributed by atoms with E-state index in [0.717, 1.165) is 16.7 Å². The van der Waals surface area contributed by atoms with E-state index in [-0.39, 0.29) is 16.6 Å². The molecule has 0 spiro atoms. The van der Waals surface area contributed by atoms with Crippen molar-refractivity contribution in [1.82, 2.24) is 19.4 Å². The largest absolute Gasteiger partial charge is 0.493 e. The zero-order chi connectivity index (χ0) is 35.5. The third kappa shape index (κ3) is 7.81. The van der Waals surface area contributed by atoms with Crippen LogP contribution in [-0.2, 0) is 27.8 Å². The summed E-state index contributed by atoms with van der Waals surface area (Å²) in [4.78, 5) is 34.8. The molecule has 4 aromatic rings. The van der Waals surface area contributed by atoms with E-state index in [1.165, 1.54) is 30.1 Å². The summed E-state index contributed by atoms with van der Waals surface area (Å²) in [6, 6.07) is 18.6. The molecule has 0 saturated carbocycles. The number of carbonyl (C=O) groups excluding carboxylic acids is 2. The first-order valence-corrected chi connectivity index (χ1v) is 17.8. The van der Waals surface area contributed by atoms with E-state index in [1.807, 2.05) is 71.9 Å². The molecule has 1 atom stereocenters. The second-order valence-electron chi connectivity index (χ2n) is 12.9. The fourth-order valence-corrected chi connectivity index (χ4v) is 6.99. The van der Waals surface area contributed by atoms with Gasteiger partial charge >= 0.3 is 16.2 Å². The summed E-state index contributed by atoms with van der Waals surface area (Å²) < 4.78 is 45.1. The van der Waals surface area contributed by atoms with E-state index in [1.54, 1.807) is 29.2 Å². The van der Waals surface area contributed by atoms with Gasteiger partial charge in [0.15, 0.2) is 11.5 Å². The van der Waals surface area contributed by atoms with Crippen molar-refractivity contribution in [1.29, 1.82) is 0 Å². The summed E-state index contributed by atoms with van der Waals surface area (Å²) in [5, 5.41) is 0.